The van der Waals surface area contributed by atoms with Crippen LogP contribution in [0, 0.1) is 0 Å². The summed E-state index contributed by atoms with van der Waals surface area (Å²) < 4.78 is 10.8. The lowest BCUT2D eigenvalue weighted by Crippen LogP contribution is -2.43. The van der Waals surface area contributed by atoms with Gasteiger partial charge in [0, 0.05) is 19.1 Å². The SMILES string of the molecule is CCN(CCC1COCCN1)Cc1ccco1. The van der Waals surface area contributed by atoms with Crippen LogP contribution in [0.2, 0.25) is 0 Å². The molecule has 1 aliphatic rings. The summed E-state index contributed by atoms with van der Waals surface area (Å²) in [5, 5.41) is 3.48. The zero-order valence-corrected chi connectivity index (χ0v) is 10.5. The molecule has 4 heteroatoms. The van der Waals surface area contributed by atoms with Crippen LogP contribution in [0.5, 0.6) is 0 Å². The van der Waals surface area contributed by atoms with E-state index in [9.17, 15) is 0 Å². The molecule has 0 spiro atoms. The minimum atomic E-state index is 0.509. The van der Waals surface area contributed by atoms with E-state index in [1.807, 2.05) is 12.1 Å². The van der Waals surface area contributed by atoms with Gasteiger partial charge < -0.3 is 14.5 Å². The second kappa shape index (κ2) is 6.79. The van der Waals surface area contributed by atoms with Gasteiger partial charge in [-0.25, -0.2) is 0 Å². The smallest absolute Gasteiger partial charge is 0.117 e. The van der Waals surface area contributed by atoms with Gasteiger partial charge in [0.15, 0.2) is 0 Å². The minimum Gasteiger partial charge on any atom is -0.468 e. The number of nitrogens with one attached hydrogen (secondary N) is 1. The molecule has 1 fully saturated rings. The van der Waals surface area contributed by atoms with Gasteiger partial charge in [-0.2, -0.15) is 0 Å². The van der Waals surface area contributed by atoms with Crippen molar-refractivity contribution in [2.45, 2.75) is 25.9 Å². The lowest BCUT2D eigenvalue weighted by Gasteiger charge is -2.26. The summed E-state index contributed by atoms with van der Waals surface area (Å²) in [6.07, 6.45) is 2.87. The molecule has 0 saturated carbocycles. The quantitative estimate of drug-likeness (QED) is 0.814. The first-order chi connectivity index (χ1) is 8.38. The van der Waals surface area contributed by atoms with Gasteiger partial charge in [0.05, 0.1) is 26.0 Å². The van der Waals surface area contributed by atoms with E-state index in [0.29, 0.717) is 6.04 Å². The lowest BCUT2D eigenvalue weighted by molar-refractivity contribution is 0.0695. The Kier molecular flexibility index (Phi) is 5.04. The highest BCUT2D eigenvalue weighted by atomic mass is 16.5. The molecule has 2 rings (SSSR count). The molecule has 1 atom stereocenters. The van der Waals surface area contributed by atoms with Crippen molar-refractivity contribution in [2.24, 2.45) is 0 Å². The zero-order valence-electron chi connectivity index (χ0n) is 10.5. The molecule has 0 amide bonds. The predicted octanol–water partition coefficient (Wildman–Crippen LogP) is 1.48. The number of hydrogen-bond acceptors (Lipinski definition) is 4. The van der Waals surface area contributed by atoms with E-state index in [2.05, 4.69) is 17.1 Å². The first-order valence-corrected chi connectivity index (χ1v) is 6.44. The minimum absolute atomic E-state index is 0.509. The van der Waals surface area contributed by atoms with Gasteiger partial charge in [0.25, 0.3) is 0 Å². The van der Waals surface area contributed by atoms with Crippen molar-refractivity contribution >= 4 is 0 Å². The van der Waals surface area contributed by atoms with Crippen LogP contribution in [-0.4, -0.2) is 43.8 Å². The van der Waals surface area contributed by atoms with Gasteiger partial charge in [0.1, 0.15) is 5.76 Å². The van der Waals surface area contributed by atoms with Crippen molar-refractivity contribution in [1.82, 2.24) is 10.2 Å². The van der Waals surface area contributed by atoms with E-state index >= 15 is 0 Å². The average molecular weight is 238 g/mol. The summed E-state index contributed by atoms with van der Waals surface area (Å²) in [7, 11) is 0. The van der Waals surface area contributed by atoms with Crippen LogP contribution in [0.15, 0.2) is 22.8 Å². The Balaban J connectivity index is 1.71. The van der Waals surface area contributed by atoms with E-state index in [-0.39, 0.29) is 0 Å². The second-order valence-corrected chi connectivity index (χ2v) is 4.46. The van der Waals surface area contributed by atoms with Crippen molar-refractivity contribution in [3.63, 3.8) is 0 Å². The summed E-state index contributed by atoms with van der Waals surface area (Å²) in [5.74, 6) is 1.04. The van der Waals surface area contributed by atoms with E-state index in [1.165, 1.54) is 0 Å². The van der Waals surface area contributed by atoms with Crippen LogP contribution in [0.1, 0.15) is 19.1 Å². The maximum atomic E-state index is 5.45. The van der Waals surface area contributed by atoms with Crippen LogP contribution in [-0.2, 0) is 11.3 Å². The number of ether oxygens (including phenoxy) is 1. The van der Waals surface area contributed by atoms with Crippen molar-refractivity contribution in [3.8, 4) is 0 Å². The van der Waals surface area contributed by atoms with Crippen molar-refractivity contribution in [2.75, 3.05) is 32.8 Å². The maximum Gasteiger partial charge on any atom is 0.117 e. The third-order valence-electron chi connectivity index (χ3n) is 3.20. The third kappa shape index (κ3) is 4.15. The number of furan rings is 1. The van der Waals surface area contributed by atoms with Crippen LogP contribution < -0.4 is 5.32 Å². The average Bonchev–Trinajstić information content (AvgIpc) is 2.88. The molecule has 1 aromatic rings. The van der Waals surface area contributed by atoms with Crippen LogP contribution in [0.3, 0.4) is 0 Å². The normalized spacial score (nSPS) is 20.9. The fraction of sp³-hybridized carbons (Fsp3) is 0.692. The highest BCUT2D eigenvalue weighted by molar-refractivity contribution is 4.97. The van der Waals surface area contributed by atoms with Crippen molar-refractivity contribution < 1.29 is 9.15 Å². The predicted molar refractivity (Wildman–Crippen MR) is 66.9 cm³/mol. The monoisotopic (exact) mass is 238 g/mol. The molecule has 1 aromatic heterocycles. The van der Waals surface area contributed by atoms with E-state index in [0.717, 1.165) is 51.6 Å². The molecule has 4 nitrogen and oxygen atoms in total. The molecule has 1 unspecified atom stereocenters. The Bertz CT molecular complexity index is 294. The Morgan fingerprint density at radius 3 is 3.12 bits per heavy atom. The largest absolute Gasteiger partial charge is 0.468 e. The van der Waals surface area contributed by atoms with Gasteiger partial charge in [-0.1, -0.05) is 6.92 Å². The van der Waals surface area contributed by atoms with E-state index < -0.39 is 0 Å². The Labute approximate surface area is 103 Å². The number of hydrogen-bond donors (Lipinski definition) is 1. The molecule has 1 N–H and O–H groups in total. The molecule has 1 saturated heterocycles. The topological polar surface area (TPSA) is 37.6 Å². The van der Waals surface area contributed by atoms with Gasteiger partial charge in [-0.3, -0.25) is 4.90 Å². The highest BCUT2D eigenvalue weighted by Crippen LogP contribution is 2.07. The number of nitrogens with zero attached hydrogens (tertiary/aromatic N) is 1. The van der Waals surface area contributed by atoms with Crippen LogP contribution in [0.4, 0.5) is 0 Å². The summed E-state index contributed by atoms with van der Waals surface area (Å²) in [4.78, 5) is 2.40. The maximum absolute atomic E-state index is 5.45. The first kappa shape index (κ1) is 12.6. The molecule has 96 valence electrons. The number of morpholine rings is 1. The van der Waals surface area contributed by atoms with Gasteiger partial charge in [0.2, 0.25) is 0 Å². The van der Waals surface area contributed by atoms with Crippen LogP contribution >= 0.6 is 0 Å². The molecule has 0 bridgehead atoms. The zero-order chi connectivity index (χ0) is 11.9. The van der Waals surface area contributed by atoms with E-state index in [1.54, 1.807) is 6.26 Å². The van der Waals surface area contributed by atoms with Gasteiger partial charge >= 0.3 is 0 Å². The Morgan fingerprint density at radius 1 is 1.53 bits per heavy atom. The molecular weight excluding hydrogens is 216 g/mol. The molecule has 1 aliphatic heterocycles. The fourth-order valence-corrected chi connectivity index (χ4v) is 2.12. The first-order valence-electron chi connectivity index (χ1n) is 6.44. The van der Waals surface area contributed by atoms with Crippen LogP contribution in [0.25, 0.3) is 0 Å². The van der Waals surface area contributed by atoms with Gasteiger partial charge in [-0.05, 0) is 25.1 Å². The fourth-order valence-electron chi connectivity index (χ4n) is 2.12. The Hall–Kier alpha value is -0.840. The van der Waals surface area contributed by atoms with E-state index in [4.69, 9.17) is 9.15 Å². The molecular formula is C13H22N2O2. The lowest BCUT2D eigenvalue weighted by atomic mass is 10.2. The molecule has 0 aliphatic carbocycles. The van der Waals surface area contributed by atoms with Crippen molar-refractivity contribution in [3.05, 3.63) is 24.2 Å². The molecule has 2 heterocycles. The second-order valence-electron chi connectivity index (χ2n) is 4.46. The summed E-state index contributed by atoms with van der Waals surface area (Å²) in [5.41, 5.74) is 0. The summed E-state index contributed by atoms with van der Waals surface area (Å²) in [6, 6.07) is 4.49. The summed E-state index contributed by atoms with van der Waals surface area (Å²) >= 11 is 0. The molecule has 0 radical (unpaired) electrons. The molecule has 17 heavy (non-hydrogen) atoms. The standard InChI is InChI=1S/C13H22N2O2/c1-2-15(10-13-4-3-8-17-13)7-5-12-11-16-9-6-14-12/h3-4,8,12,14H,2,5-7,9-11H2,1H3. The number of rotatable bonds is 6. The highest BCUT2D eigenvalue weighted by Gasteiger charge is 2.14. The van der Waals surface area contributed by atoms with Gasteiger partial charge in [-0.15, -0.1) is 0 Å². The Morgan fingerprint density at radius 2 is 2.47 bits per heavy atom. The summed E-state index contributed by atoms with van der Waals surface area (Å²) in [6.45, 7) is 7.89. The van der Waals surface area contributed by atoms with Crippen molar-refractivity contribution in [1.29, 1.82) is 0 Å². The molecule has 0 aromatic carbocycles. The third-order valence-corrected chi connectivity index (χ3v) is 3.20.